The van der Waals surface area contributed by atoms with Crippen LogP contribution in [0.1, 0.15) is 26.5 Å². The maximum Gasteiger partial charge on any atom is 0.354 e. The van der Waals surface area contributed by atoms with E-state index in [4.69, 9.17) is 33.0 Å². The molecular formula is C12H8Cl2N2O4. The highest BCUT2D eigenvalue weighted by molar-refractivity contribution is 6.37. The lowest BCUT2D eigenvalue weighted by atomic mass is 10.1. The van der Waals surface area contributed by atoms with Crippen molar-refractivity contribution in [2.75, 3.05) is 7.11 Å². The summed E-state index contributed by atoms with van der Waals surface area (Å²) in [7, 11) is 1.41. The first kappa shape index (κ1) is 14.4. The molecule has 0 aliphatic rings. The molecule has 1 heterocycles. The van der Waals surface area contributed by atoms with E-state index in [9.17, 15) is 9.59 Å². The number of aromatic carboxylic acids is 1. The normalized spacial score (nSPS) is 10.3. The van der Waals surface area contributed by atoms with Crippen LogP contribution in [0.3, 0.4) is 0 Å². The summed E-state index contributed by atoms with van der Waals surface area (Å²) in [6.07, 6.45) is 1.12. The predicted octanol–water partition coefficient (Wildman–Crippen LogP) is 2.65. The molecule has 0 fully saturated rings. The van der Waals surface area contributed by atoms with Gasteiger partial charge in [0.05, 0.1) is 23.5 Å². The largest absolute Gasteiger partial charge is 0.495 e. The molecule has 0 saturated carbocycles. The number of carbonyl (C=O) groups is 2. The fourth-order valence-electron chi connectivity index (χ4n) is 1.62. The van der Waals surface area contributed by atoms with Gasteiger partial charge in [-0.3, -0.25) is 4.79 Å². The molecule has 1 aromatic heterocycles. The number of methoxy groups -OCH3 is 1. The number of aromatic nitrogens is 2. The summed E-state index contributed by atoms with van der Waals surface area (Å²) >= 11 is 11.9. The Bertz CT molecular complexity index is 697. The van der Waals surface area contributed by atoms with Crippen LogP contribution in [0.5, 0.6) is 5.75 Å². The zero-order valence-electron chi connectivity index (χ0n) is 10.1. The molecule has 2 N–H and O–H groups in total. The Hall–Kier alpha value is -2.05. The second-order valence-corrected chi connectivity index (χ2v) is 4.54. The zero-order chi connectivity index (χ0) is 14.9. The summed E-state index contributed by atoms with van der Waals surface area (Å²) in [5.74, 6) is -1.62. The van der Waals surface area contributed by atoms with Gasteiger partial charge >= 0.3 is 5.97 Å². The number of hydrogen-bond donors (Lipinski definition) is 2. The quantitative estimate of drug-likeness (QED) is 0.846. The number of ether oxygens (including phenoxy) is 1. The van der Waals surface area contributed by atoms with Crippen molar-refractivity contribution in [1.82, 2.24) is 9.97 Å². The lowest BCUT2D eigenvalue weighted by Crippen LogP contribution is -2.10. The van der Waals surface area contributed by atoms with Crippen molar-refractivity contribution in [3.8, 4) is 5.75 Å². The highest BCUT2D eigenvalue weighted by Gasteiger charge is 2.23. The molecule has 0 bridgehead atoms. The molecule has 1 aromatic carbocycles. The molecule has 20 heavy (non-hydrogen) atoms. The Morgan fingerprint density at radius 3 is 2.60 bits per heavy atom. The Labute approximate surface area is 123 Å². The summed E-state index contributed by atoms with van der Waals surface area (Å²) < 4.78 is 4.97. The molecule has 6 nitrogen and oxygen atoms in total. The minimum atomic E-state index is -1.29. The van der Waals surface area contributed by atoms with E-state index < -0.39 is 11.8 Å². The van der Waals surface area contributed by atoms with Crippen LogP contribution in [0.2, 0.25) is 10.0 Å². The lowest BCUT2D eigenvalue weighted by Gasteiger charge is -2.07. The van der Waals surface area contributed by atoms with Crippen molar-refractivity contribution in [3.63, 3.8) is 0 Å². The number of nitrogens with zero attached hydrogens (tertiary/aromatic N) is 1. The SMILES string of the molecule is COc1cc(Cl)c(C(=O)c2nc[nH]c2C(=O)O)cc1Cl. The number of carbonyl (C=O) groups excluding carboxylic acids is 1. The molecule has 104 valence electrons. The standard InChI is InChI=1S/C12H8Cl2N2O4/c1-20-8-3-6(13)5(2-7(8)14)11(17)9-10(12(18)19)16-4-15-9/h2-4H,1H3,(H,15,16)(H,18,19). The Balaban J connectivity index is 2.51. The Morgan fingerprint density at radius 1 is 1.30 bits per heavy atom. The van der Waals surface area contributed by atoms with E-state index in [0.29, 0.717) is 5.75 Å². The van der Waals surface area contributed by atoms with Gasteiger partial charge in [-0.2, -0.15) is 0 Å². The van der Waals surface area contributed by atoms with Gasteiger partial charge in [0.1, 0.15) is 11.4 Å². The topological polar surface area (TPSA) is 92.3 Å². The van der Waals surface area contributed by atoms with Crippen molar-refractivity contribution in [1.29, 1.82) is 0 Å². The van der Waals surface area contributed by atoms with Crippen LogP contribution in [-0.2, 0) is 0 Å². The van der Waals surface area contributed by atoms with Crippen LogP contribution in [0.4, 0.5) is 0 Å². The second kappa shape index (κ2) is 5.52. The molecule has 0 aliphatic heterocycles. The number of imidazole rings is 1. The van der Waals surface area contributed by atoms with Crippen molar-refractivity contribution < 1.29 is 19.4 Å². The van der Waals surface area contributed by atoms with Crippen molar-refractivity contribution >= 4 is 35.0 Å². The third-order valence-corrected chi connectivity index (χ3v) is 3.16. The number of halogens is 2. The van der Waals surface area contributed by atoms with E-state index in [-0.39, 0.29) is 27.0 Å². The molecule has 0 aliphatic carbocycles. The fourth-order valence-corrected chi connectivity index (χ4v) is 2.10. The molecule has 0 radical (unpaired) electrons. The number of benzene rings is 1. The van der Waals surface area contributed by atoms with Gasteiger partial charge in [0.2, 0.25) is 5.78 Å². The van der Waals surface area contributed by atoms with E-state index in [2.05, 4.69) is 9.97 Å². The average molecular weight is 315 g/mol. The molecule has 0 atom stereocenters. The monoisotopic (exact) mass is 314 g/mol. The zero-order valence-corrected chi connectivity index (χ0v) is 11.6. The summed E-state index contributed by atoms with van der Waals surface area (Å²) in [4.78, 5) is 29.3. The first-order chi connectivity index (χ1) is 9.45. The van der Waals surface area contributed by atoms with E-state index in [1.165, 1.54) is 19.2 Å². The van der Waals surface area contributed by atoms with E-state index in [1.807, 2.05) is 0 Å². The maximum absolute atomic E-state index is 12.3. The number of carboxylic acids is 1. The first-order valence-electron chi connectivity index (χ1n) is 5.30. The number of rotatable bonds is 4. The van der Waals surface area contributed by atoms with Crippen LogP contribution in [0, 0.1) is 0 Å². The number of ketones is 1. The molecule has 0 unspecified atom stereocenters. The van der Waals surface area contributed by atoms with Gasteiger partial charge in [-0.25, -0.2) is 9.78 Å². The molecule has 0 spiro atoms. The van der Waals surface area contributed by atoms with Crippen molar-refractivity contribution in [2.45, 2.75) is 0 Å². The van der Waals surface area contributed by atoms with Crippen LogP contribution in [0.25, 0.3) is 0 Å². The smallest absolute Gasteiger partial charge is 0.354 e. The minimum Gasteiger partial charge on any atom is -0.495 e. The van der Waals surface area contributed by atoms with E-state index in [1.54, 1.807) is 0 Å². The van der Waals surface area contributed by atoms with Gasteiger partial charge in [-0.1, -0.05) is 23.2 Å². The number of carboxylic acid groups (broad SMARTS) is 1. The summed E-state index contributed by atoms with van der Waals surface area (Å²) in [5, 5.41) is 9.23. The molecule has 8 heteroatoms. The van der Waals surface area contributed by atoms with E-state index >= 15 is 0 Å². The van der Waals surface area contributed by atoms with Crippen LogP contribution in [-0.4, -0.2) is 33.9 Å². The van der Waals surface area contributed by atoms with Gasteiger partial charge in [0.15, 0.2) is 5.69 Å². The second-order valence-electron chi connectivity index (χ2n) is 3.73. The maximum atomic E-state index is 12.3. The summed E-state index contributed by atoms with van der Waals surface area (Å²) in [6, 6.07) is 2.69. The summed E-state index contributed by atoms with van der Waals surface area (Å²) in [6.45, 7) is 0. The van der Waals surface area contributed by atoms with Gasteiger partial charge in [-0.05, 0) is 6.07 Å². The Kier molecular flexibility index (Phi) is 3.96. The number of hydrogen-bond acceptors (Lipinski definition) is 4. The third kappa shape index (κ3) is 2.48. The highest BCUT2D eigenvalue weighted by atomic mass is 35.5. The molecule has 0 amide bonds. The molecule has 2 aromatic rings. The fraction of sp³-hybridized carbons (Fsp3) is 0.0833. The van der Waals surface area contributed by atoms with E-state index in [0.717, 1.165) is 6.33 Å². The molecular weight excluding hydrogens is 307 g/mol. The van der Waals surface area contributed by atoms with Gasteiger partial charge < -0.3 is 14.8 Å². The van der Waals surface area contributed by atoms with Crippen LogP contribution < -0.4 is 4.74 Å². The minimum absolute atomic E-state index is 0.0482. The highest BCUT2D eigenvalue weighted by Crippen LogP contribution is 2.32. The Morgan fingerprint density at radius 2 is 2.00 bits per heavy atom. The predicted molar refractivity (Wildman–Crippen MR) is 72.0 cm³/mol. The van der Waals surface area contributed by atoms with Gasteiger partial charge in [-0.15, -0.1) is 0 Å². The molecule has 0 saturated heterocycles. The number of H-pyrrole nitrogens is 1. The van der Waals surface area contributed by atoms with Gasteiger partial charge in [0.25, 0.3) is 0 Å². The van der Waals surface area contributed by atoms with Crippen molar-refractivity contribution in [3.05, 3.63) is 45.5 Å². The van der Waals surface area contributed by atoms with Crippen molar-refractivity contribution in [2.24, 2.45) is 0 Å². The third-order valence-electron chi connectivity index (χ3n) is 2.55. The average Bonchev–Trinajstić information content (AvgIpc) is 2.89. The summed E-state index contributed by atoms with van der Waals surface area (Å²) in [5.41, 5.74) is -0.495. The number of aromatic amines is 1. The van der Waals surface area contributed by atoms with Crippen LogP contribution in [0.15, 0.2) is 18.5 Å². The molecule has 2 rings (SSSR count). The first-order valence-corrected chi connectivity index (χ1v) is 6.05. The lowest BCUT2D eigenvalue weighted by molar-refractivity contribution is 0.0687. The number of nitrogens with one attached hydrogen (secondary N) is 1. The van der Waals surface area contributed by atoms with Crippen LogP contribution >= 0.6 is 23.2 Å². The van der Waals surface area contributed by atoms with Gasteiger partial charge in [0, 0.05) is 11.6 Å².